The summed E-state index contributed by atoms with van der Waals surface area (Å²) in [6.07, 6.45) is 0. The molecule has 1 aromatic heterocycles. The number of rotatable bonds is 3. The van der Waals surface area contributed by atoms with Gasteiger partial charge >= 0.3 is 0 Å². The van der Waals surface area contributed by atoms with Crippen LogP contribution in [0, 0.1) is 0 Å². The van der Waals surface area contributed by atoms with Crippen molar-refractivity contribution in [2.45, 2.75) is 33.2 Å². The van der Waals surface area contributed by atoms with Crippen LogP contribution >= 0.6 is 11.6 Å². The van der Waals surface area contributed by atoms with E-state index in [4.69, 9.17) is 11.6 Å². The van der Waals surface area contributed by atoms with Crippen LogP contribution in [0.5, 0.6) is 0 Å². The second-order valence-electron chi connectivity index (χ2n) is 5.90. The predicted molar refractivity (Wildman–Crippen MR) is 82.5 cm³/mol. The normalized spacial score (nSPS) is 17.4. The highest BCUT2D eigenvalue weighted by Gasteiger charge is 2.27. The van der Waals surface area contributed by atoms with E-state index in [0.29, 0.717) is 11.9 Å². The molecule has 0 spiro atoms. The summed E-state index contributed by atoms with van der Waals surface area (Å²) in [6, 6.07) is 0. The van der Waals surface area contributed by atoms with Gasteiger partial charge in [0.15, 0.2) is 0 Å². The molecule has 0 bridgehead atoms. The zero-order valence-electron chi connectivity index (χ0n) is 12.6. The Labute approximate surface area is 125 Å². The van der Waals surface area contributed by atoms with Gasteiger partial charge in [-0.25, -0.2) is 0 Å². The van der Waals surface area contributed by atoms with Crippen LogP contribution in [-0.2, 0) is 0 Å². The van der Waals surface area contributed by atoms with Gasteiger partial charge in [0.2, 0.25) is 17.2 Å². The van der Waals surface area contributed by atoms with E-state index < -0.39 is 0 Å². The Morgan fingerprint density at radius 3 is 2.30 bits per heavy atom. The molecule has 1 N–H and O–H groups in total. The Balaban J connectivity index is 2.07. The molecule has 20 heavy (non-hydrogen) atoms. The van der Waals surface area contributed by atoms with E-state index in [1.165, 1.54) is 0 Å². The van der Waals surface area contributed by atoms with Crippen molar-refractivity contribution in [3.63, 3.8) is 0 Å². The molecule has 0 amide bonds. The van der Waals surface area contributed by atoms with Crippen LogP contribution in [0.1, 0.15) is 27.7 Å². The third-order valence-electron chi connectivity index (χ3n) is 3.44. The second-order valence-corrected chi connectivity index (χ2v) is 6.24. The standard InChI is InChI=1S/C13H23ClN6/c1-5-15-11-16-10(14)17-12(18-11)19-6-8-20(9-7-19)13(2,3)4/h5-9H2,1-4H3,(H,15,16,17,18). The van der Waals surface area contributed by atoms with Gasteiger partial charge in [0.05, 0.1) is 0 Å². The minimum absolute atomic E-state index is 0.206. The summed E-state index contributed by atoms with van der Waals surface area (Å²) in [5, 5.41) is 3.32. The first-order chi connectivity index (χ1) is 9.40. The van der Waals surface area contributed by atoms with Crippen LogP contribution in [0.15, 0.2) is 0 Å². The van der Waals surface area contributed by atoms with Crippen molar-refractivity contribution in [2.24, 2.45) is 0 Å². The molecule has 0 saturated carbocycles. The van der Waals surface area contributed by atoms with Crippen LogP contribution in [0.3, 0.4) is 0 Å². The monoisotopic (exact) mass is 298 g/mol. The van der Waals surface area contributed by atoms with Gasteiger partial charge in [-0.1, -0.05) is 0 Å². The van der Waals surface area contributed by atoms with Crippen LogP contribution in [0.2, 0.25) is 5.28 Å². The average molecular weight is 299 g/mol. The Morgan fingerprint density at radius 2 is 1.75 bits per heavy atom. The van der Waals surface area contributed by atoms with Crippen molar-refractivity contribution in [3.8, 4) is 0 Å². The topological polar surface area (TPSA) is 57.2 Å². The Morgan fingerprint density at radius 1 is 1.10 bits per heavy atom. The highest BCUT2D eigenvalue weighted by molar-refractivity contribution is 6.28. The first-order valence-corrected chi connectivity index (χ1v) is 7.43. The van der Waals surface area contributed by atoms with Gasteiger partial charge in [-0.3, -0.25) is 4.90 Å². The molecule has 1 aromatic rings. The molecule has 1 fully saturated rings. The molecule has 0 aromatic carbocycles. The lowest BCUT2D eigenvalue weighted by molar-refractivity contribution is 0.128. The van der Waals surface area contributed by atoms with E-state index in [1.54, 1.807) is 0 Å². The van der Waals surface area contributed by atoms with Gasteiger partial charge in [-0.05, 0) is 39.3 Å². The molecular weight excluding hydrogens is 276 g/mol. The number of hydrogen-bond donors (Lipinski definition) is 1. The highest BCUT2D eigenvalue weighted by atomic mass is 35.5. The number of hydrogen-bond acceptors (Lipinski definition) is 6. The van der Waals surface area contributed by atoms with Crippen LogP contribution in [-0.4, -0.2) is 58.1 Å². The summed E-state index contributed by atoms with van der Waals surface area (Å²) < 4.78 is 0. The molecule has 112 valence electrons. The van der Waals surface area contributed by atoms with Crippen molar-refractivity contribution >= 4 is 23.5 Å². The van der Waals surface area contributed by atoms with Crippen molar-refractivity contribution in [1.29, 1.82) is 0 Å². The fourth-order valence-corrected chi connectivity index (χ4v) is 2.45. The van der Waals surface area contributed by atoms with E-state index in [2.05, 4.69) is 50.8 Å². The number of nitrogens with zero attached hydrogens (tertiary/aromatic N) is 5. The molecule has 2 rings (SSSR count). The lowest BCUT2D eigenvalue weighted by Crippen LogP contribution is -2.53. The maximum absolute atomic E-state index is 5.97. The van der Waals surface area contributed by atoms with E-state index in [-0.39, 0.29) is 10.8 Å². The number of halogens is 1. The Bertz CT molecular complexity index is 451. The van der Waals surface area contributed by atoms with E-state index in [0.717, 1.165) is 32.7 Å². The van der Waals surface area contributed by atoms with Crippen LogP contribution in [0.25, 0.3) is 0 Å². The smallest absolute Gasteiger partial charge is 0.231 e. The lowest BCUT2D eigenvalue weighted by Gasteiger charge is -2.42. The summed E-state index contributed by atoms with van der Waals surface area (Å²) >= 11 is 5.97. The number of anilines is 2. The molecule has 6 nitrogen and oxygen atoms in total. The fraction of sp³-hybridized carbons (Fsp3) is 0.769. The van der Waals surface area contributed by atoms with E-state index in [9.17, 15) is 0 Å². The van der Waals surface area contributed by atoms with Crippen LogP contribution in [0.4, 0.5) is 11.9 Å². The Hall–Kier alpha value is -1.14. The van der Waals surface area contributed by atoms with Crippen molar-refractivity contribution in [3.05, 3.63) is 5.28 Å². The Kier molecular flexibility index (Phi) is 4.65. The summed E-state index contributed by atoms with van der Waals surface area (Å²) in [7, 11) is 0. The van der Waals surface area contributed by atoms with Gasteiger partial charge in [0, 0.05) is 38.3 Å². The SMILES string of the molecule is CCNc1nc(Cl)nc(N2CCN(C(C)(C)C)CC2)n1. The predicted octanol–water partition coefficient (Wildman–Crippen LogP) is 1.88. The third kappa shape index (κ3) is 3.70. The zero-order valence-corrected chi connectivity index (χ0v) is 13.4. The zero-order chi connectivity index (χ0) is 14.8. The van der Waals surface area contributed by atoms with Crippen molar-refractivity contribution < 1.29 is 0 Å². The summed E-state index contributed by atoms with van der Waals surface area (Å²) in [5.74, 6) is 1.20. The summed E-state index contributed by atoms with van der Waals surface area (Å²) in [6.45, 7) is 13.3. The van der Waals surface area contributed by atoms with Crippen molar-refractivity contribution in [2.75, 3.05) is 42.9 Å². The molecule has 0 unspecified atom stereocenters. The maximum atomic E-state index is 5.97. The highest BCUT2D eigenvalue weighted by Crippen LogP contribution is 2.19. The van der Waals surface area contributed by atoms with E-state index in [1.807, 2.05) is 6.92 Å². The number of nitrogens with one attached hydrogen (secondary N) is 1. The second kappa shape index (κ2) is 6.10. The summed E-state index contributed by atoms with van der Waals surface area (Å²) in [5.41, 5.74) is 0.206. The first-order valence-electron chi connectivity index (χ1n) is 7.05. The quantitative estimate of drug-likeness (QED) is 0.919. The minimum Gasteiger partial charge on any atom is -0.354 e. The molecule has 2 heterocycles. The average Bonchev–Trinajstić information content (AvgIpc) is 2.37. The van der Waals surface area contributed by atoms with Gasteiger partial charge in [0.25, 0.3) is 0 Å². The molecule has 0 aliphatic carbocycles. The van der Waals surface area contributed by atoms with Gasteiger partial charge in [-0.2, -0.15) is 15.0 Å². The fourth-order valence-electron chi connectivity index (χ4n) is 2.30. The van der Waals surface area contributed by atoms with Gasteiger partial charge in [-0.15, -0.1) is 0 Å². The largest absolute Gasteiger partial charge is 0.354 e. The van der Waals surface area contributed by atoms with E-state index >= 15 is 0 Å². The lowest BCUT2D eigenvalue weighted by atomic mass is 10.1. The van der Waals surface area contributed by atoms with Crippen molar-refractivity contribution in [1.82, 2.24) is 19.9 Å². The first kappa shape index (κ1) is 15.3. The molecule has 0 atom stereocenters. The summed E-state index contributed by atoms with van der Waals surface area (Å²) in [4.78, 5) is 17.4. The van der Waals surface area contributed by atoms with Gasteiger partial charge < -0.3 is 10.2 Å². The molecule has 1 aliphatic heterocycles. The number of aromatic nitrogens is 3. The third-order valence-corrected chi connectivity index (χ3v) is 3.61. The molecule has 7 heteroatoms. The van der Waals surface area contributed by atoms with Gasteiger partial charge in [0.1, 0.15) is 0 Å². The number of piperazine rings is 1. The molecule has 1 saturated heterocycles. The van der Waals surface area contributed by atoms with Crippen LogP contribution < -0.4 is 10.2 Å². The minimum atomic E-state index is 0.206. The molecule has 0 radical (unpaired) electrons. The molecule has 1 aliphatic rings. The maximum Gasteiger partial charge on any atom is 0.231 e. The molecular formula is C13H23ClN6.